The fourth-order valence-corrected chi connectivity index (χ4v) is 2.22. The molecule has 5 N–H and O–H groups in total. The number of aromatic nitrogens is 2. The zero-order valence-electron chi connectivity index (χ0n) is 12.6. The van der Waals surface area contributed by atoms with Crippen molar-refractivity contribution in [2.45, 2.75) is 39.3 Å². The molecular formula is C15H22N4O2. The van der Waals surface area contributed by atoms with Crippen molar-refractivity contribution in [2.24, 2.45) is 11.7 Å². The first-order valence-electron chi connectivity index (χ1n) is 7.20. The molecule has 0 saturated carbocycles. The highest BCUT2D eigenvalue weighted by Gasteiger charge is 2.21. The van der Waals surface area contributed by atoms with Crippen molar-refractivity contribution in [3.8, 4) is 0 Å². The number of imidazole rings is 1. The first-order chi connectivity index (χ1) is 9.92. The van der Waals surface area contributed by atoms with Crippen LogP contribution in [0.3, 0.4) is 0 Å². The molecule has 2 rings (SSSR count). The van der Waals surface area contributed by atoms with Gasteiger partial charge in [0.25, 0.3) is 0 Å². The van der Waals surface area contributed by atoms with E-state index in [1.807, 2.05) is 39.0 Å². The summed E-state index contributed by atoms with van der Waals surface area (Å²) in [5.74, 6) is -0.0137. The Morgan fingerprint density at radius 3 is 2.62 bits per heavy atom. The maximum atomic E-state index is 12.1. The number of nitrogens with one attached hydrogen (secondary N) is 3. The lowest BCUT2D eigenvalue weighted by molar-refractivity contribution is -0.124. The van der Waals surface area contributed by atoms with Gasteiger partial charge in [0.2, 0.25) is 5.91 Å². The van der Waals surface area contributed by atoms with Crippen molar-refractivity contribution in [2.75, 3.05) is 0 Å². The van der Waals surface area contributed by atoms with E-state index in [4.69, 9.17) is 5.73 Å². The molecule has 114 valence electrons. The van der Waals surface area contributed by atoms with E-state index in [2.05, 4.69) is 15.3 Å². The fraction of sp³-hybridized carbons (Fsp3) is 0.467. The standard InChI is InChI=1S/C15H22N4O2/c1-4-8(2)13(16)14(20)17-9(3)10-5-6-11-12(7-10)19-15(21)18-11/h5-9,13H,4,16H2,1-3H3,(H,17,20)(H2,18,19,21). The molecule has 21 heavy (non-hydrogen) atoms. The Morgan fingerprint density at radius 2 is 1.95 bits per heavy atom. The van der Waals surface area contributed by atoms with Gasteiger partial charge in [-0.1, -0.05) is 26.3 Å². The topological polar surface area (TPSA) is 104 Å². The summed E-state index contributed by atoms with van der Waals surface area (Å²) in [7, 11) is 0. The molecule has 0 saturated heterocycles. The van der Waals surface area contributed by atoms with Gasteiger partial charge in [-0.25, -0.2) is 4.79 Å². The van der Waals surface area contributed by atoms with Gasteiger partial charge >= 0.3 is 5.69 Å². The van der Waals surface area contributed by atoms with E-state index < -0.39 is 6.04 Å². The molecule has 0 radical (unpaired) electrons. The molecule has 6 heteroatoms. The van der Waals surface area contributed by atoms with E-state index >= 15 is 0 Å². The second kappa shape index (κ2) is 6.13. The lowest BCUT2D eigenvalue weighted by Gasteiger charge is -2.21. The molecule has 1 aromatic heterocycles. The number of fused-ring (bicyclic) bond motifs is 1. The Balaban J connectivity index is 2.12. The van der Waals surface area contributed by atoms with Crippen LogP contribution in [0.5, 0.6) is 0 Å². The van der Waals surface area contributed by atoms with Crippen molar-refractivity contribution in [1.29, 1.82) is 0 Å². The van der Waals surface area contributed by atoms with Crippen LogP contribution < -0.4 is 16.7 Å². The Hall–Kier alpha value is -2.08. The summed E-state index contributed by atoms with van der Waals surface area (Å²) in [4.78, 5) is 28.7. The van der Waals surface area contributed by atoms with Gasteiger partial charge < -0.3 is 21.0 Å². The first-order valence-corrected chi connectivity index (χ1v) is 7.20. The monoisotopic (exact) mass is 290 g/mol. The van der Waals surface area contributed by atoms with Crippen LogP contribution >= 0.6 is 0 Å². The Morgan fingerprint density at radius 1 is 1.29 bits per heavy atom. The van der Waals surface area contributed by atoms with Crippen LogP contribution in [0.1, 0.15) is 38.8 Å². The predicted molar refractivity (Wildman–Crippen MR) is 82.9 cm³/mol. The smallest absolute Gasteiger partial charge is 0.323 e. The molecule has 0 bridgehead atoms. The average molecular weight is 290 g/mol. The van der Waals surface area contributed by atoms with Crippen molar-refractivity contribution < 1.29 is 4.79 Å². The largest absolute Gasteiger partial charge is 0.348 e. The number of nitrogens with two attached hydrogens (primary N) is 1. The zero-order valence-corrected chi connectivity index (χ0v) is 12.6. The lowest BCUT2D eigenvalue weighted by Crippen LogP contribution is -2.45. The summed E-state index contributed by atoms with van der Waals surface area (Å²) in [6, 6.07) is 4.88. The molecule has 6 nitrogen and oxygen atoms in total. The average Bonchev–Trinajstić information content (AvgIpc) is 2.84. The first kappa shape index (κ1) is 15.3. The molecular weight excluding hydrogens is 268 g/mol. The summed E-state index contributed by atoms with van der Waals surface area (Å²) >= 11 is 0. The van der Waals surface area contributed by atoms with E-state index in [9.17, 15) is 9.59 Å². The van der Waals surface area contributed by atoms with Gasteiger partial charge in [-0.15, -0.1) is 0 Å². The van der Waals surface area contributed by atoms with E-state index in [0.717, 1.165) is 23.0 Å². The summed E-state index contributed by atoms with van der Waals surface area (Å²) < 4.78 is 0. The molecule has 3 atom stereocenters. The van der Waals surface area contributed by atoms with Crippen LogP contribution in [0.4, 0.5) is 0 Å². The number of hydrogen-bond donors (Lipinski definition) is 4. The molecule has 1 aromatic carbocycles. The van der Waals surface area contributed by atoms with Crippen LogP contribution in [0.15, 0.2) is 23.0 Å². The highest BCUT2D eigenvalue weighted by Crippen LogP contribution is 2.17. The van der Waals surface area contributed by atoms with E-state index in [-0.39, 0.29) is 23.6 Å². The molecule has 1 amide bonds. The van der Waals surface area contributed by atoms with Crippen LogP contribution in [-0.4, -0.2) is 21.9 Å². The predicted octanol–water partition coefficient (Wildman–Crippen LogP) is 1.41. The van der Waals surface area contributed by atoms with Gasteiger partial charge in [0.05, 0.1) is 23.1 Å². The maximum absolute atomic E-state index is 12.1. The minimum absolute atomic E-state index is 0.140. The number of aromatic amines is 2. The second-order valence-corrected chi connectivity index (χ2v) is 5.53. The fourth-order valence-electron chi connectivity index (χ4n) is 2.22. The lowest BCUT2D eigenvalue weighted by atomic mass is 9.98. The van der Waals surface area contributed by atoms with Gasteiger partial charge in [0, 0.05) is 0 Å². The van der Waals surface area contributed by atoms with E-state index in [1.54, 1.807) is 0 Å². The van der Waals surface area contributed by atoms with Crippen LogP contribution in [0.2, 0.25) is 0 Å². The van der Waals surface area contributed by atoms with Gasteiger partial charge in [-0.3, -0.25) is 4.79 Å². The van der Waals surface area contributed by atoms with Crippen LogP contribution in [0.25, 0.3) is 11.0 Å². The summed E-state index contributed by atoms with van der Waals surface area (Å²) in [6.07, 6.45) is 0.861. The normalized spacial score (nSPS) is 15.6. The number of rotatable bonds is 5. The van der Waals surface area contributed by atoms with E-state index in [1.165, 1.54) is 0 Å². The second-order valence-electron chi connectivity index (χ2n) is 5.53. The van der Waals surface area contributed by atoms with E-state index in [0.29, 0.717) is 0 Å². The van der Waals surface area contributed by atoms with Crippen molar-refractivity contribution in [1.82, 2.24) is 15.3 Å². The number of carbonyl (C=O) groups excluding carboxylic acids is 1. The van der Waals surface area contributed by atoms with Crippen LogP contribution in [-0.2, 0) is 4.79 Å². The molecule has 1 heterocycles. The molecule has 0 aliphatic heterocycles. The molecule has 0 aliphatic rings. The minimum atomic E-state index is -0.506. The Kier molecular flexibility index (Phi) is 4.47. The van der Waals surface area contributed by atoms with Crippen molar-refractivity contribution >= 4 is 16.9 Å². The quantitative estimate of drug-likeness (QED) is 0.669. The number of benzene rings is 1. The minimum Gasteiger partial charge on any atom is -0.348 e. The van der Waals surface area contributed by atoms with Crippen molar-refractivity contribution in [3.63, 3.8) is 0 Å². The number of carbonyl (C=O) groups is 1. The third-order valence-electron chi connectivity index (χ3n) is 3.96. The third kappa shape index (κ3) is 3.33. The number of hydrogen-bond acceptors (Lipinski definition) is 3. The molecule has 0 spiro atoms. The molecule has 2 aromatic rings. The summed E-state index contributed by atoms with van der Waals surface area (Å²) in [5.41, 5.74) is 8.08. The molecule has 0 fully saturated rings. The molecule has 3 unspecified atom stereocenters. The van der Waals surface area contributed by atoms with Gasteiger partial charge in [-0.05, 0) is 30.5 Å². The highest BCUT2D eigenvalue weighted by atomic mass is 16.2. The number of amides is 1. The number of H-pyrrole nitrogens is 2. The highest BCUT2D eigenvalue weighted by molar-refractivity contribution is 5.82. The zero-order chi connectivity index (χ0) is 15.6. The van der Waals surface area contributed by atoms with Crippen molar-refractivity contribution in [3.05, 3.63) is 34.2 Å². The maximum Gasteiger partial charge on any atom is 0.323 e. The van der Waals surface area contributed by atoms with Gasteiger partial charge in [0.1, 0.15) is 0 Å². The summed E-state index contributed by atoms with van der Waals surface area (Å²) in [6.45, 7) is 5.87. The van der Waals surface area contributed by atoms with Gasteiger partial charge in [-0.2, -0.15) is 0 Å². The van der Waals surface area contributed by atoms with Gasteiger partial charge in [0.15, 0.2) is 0 Å². The molecule has 0 aliphatic carbocycles. The van der Waals surface area contributed by atoms with Crippen LogP contribution in [0, 0.1) is 5.92 Å². The third-order valence-corrected chi connectivity index (χ3v) is 3.96. The Labute approximate surface area is 123 Å². The Bertz CT molecular complexity index is 688. The summed E-state index contributed by atoms with van der Waals surface area (Å²) in [5, 5.41) is 2.92. The SMILES string of the molecule is CCC(C)C(N)C(=O)NC(C)c1ccc2[nH]c(=O)[nH]c2c1.